The van der Waals surface area contributed by atoms with Crippen LogP contribution in [0.1, 0.15) is 17.5 Å². The van der Waals surface area contributed by atoms with E-state index < -0.39 is 0 Å². The van der Waals surface area contributed by atoms with Gasteiger partial charge in [0.1, 0.15) is 11.3 Å². The highest BCUT2D eigenvalue weighted by Gasteiger charge is 2.14. The van der Waals surface area contributed by atoms with E-state index in [9.17, 15) is 4.79 Å². The first-order valence-corrected chi connectivity index (χ1v) is 7.55. The molecular weight excluding hydrogens is 348 g/mol. The quantitative estimate of drug-likeness (QED) is 0.755. The van der Waals surface area contributed by atoms with Crippen molar-refractivity contribution in [1.29, 1.82) is 0 Å². The molecule has 3 rings (SSSR count). The minimum Gasteiger partial charge on any atom is -0.492 e. The summed E-state index contributed by atoms with van der Waals surface area (Å²) in [6, 6.07) is 10.6. The Balaban J connectivity index is 1.97. The summed E-state index contributed by atoms with van der Waals surface area (Å²) >= 11 is 3.18. The second-order valence-corrected chi connectivity index (χ2v) is 5.28. The first kappa shape index (κ1) is 14.6. The fourth-order valence-electron chi connectivity index (χ4n) is 2.15. The van der Waals surface area contributed by atoms with Crippen molar-refractivity contribution in [3.05, 3.63) is 53.0 Å². The fraction of sp³-hybridized carbons (Fsp3) is 0.125. The monoisotopic (exact) mass is 360 g/mol. The Hall–Kier alpha value is -2.34. The molecule has 0 radical (unpaired) electrons. The van der Waals surface area contributed by atoms with Crippen molar-refractivity contribution in [1.82, 2.24) is 4.98 Å². The smallest absolute Gasteiger partial charge is 0.291 e. The predicted octanol–water partition coefficient (Wildman–Crippen LogP) is 4.24. The van der Waals surface area contributed by atoms with Crippen LogP contribution in [0, 0.1) is 0 Å². The molecule has 0 bridgehead atoms. The predicted molar refractivity (Wildman–Crippen MR) is 87.3 cm³/mol. The van der Waals surface area contributed by atoms with Gasteiger partial charge in [0.15, 0.2) is 10.4 Å². The van der Waals surface area contributed by atoms with Crippen LogP contribution < -0.4 is 10.1 Å². The SMILES string of the molecule is CCOc1ccc(NC(=O)c2ccc(Br)o2)c2cccnc12. The number of aromatic nitrogens is 1. The maximum Gasteiger partial charge on any atom is 0.291 e. The van der Waals surface area contributed by atoms with Crippen LogP contribution >= 0.6 is 15.9 Å². The lowest BCUT2D eigenvalue weighted by molar-refractivity contribution is 0.0995. The van der Waals surface area contributed by atoms with E-state index in [1.807, 2.05) is 19.1 Å². The molecule has 5 nitrogen and oxygen atoms in total. The summed E-state index contributed by atoms with van der Waals surface area (Å²) in [6.07, 6.45) is 1.69. The molecule has 3 aromatic rings. The molecule has 1 aromatic carbocycles. The van der Waals surface area contributed by atoms with E-state index in [1.54, 1.807) is 30.5 Å². The number of nitrogens with one attached hydrogen (secondary N) is 1. The Labute approximate surface area is 135 Å². The van der Waals surface area contributed by atoms with Crippen LogP contribution in [0.4, 0.5) is 5.69 Å². The van der Waals surface area contributed by atoms with Gasteiger partial charge in [-0.1, -0.05) is 0 Å². The molecule has 2 heterocycles. The number of fused-ring (bicyclic) bond motifs is 1. The van der Waals surface area contributed by atoms with Crippen molar-refractivity contribution in [3.8, 4) is 5.75 Å². The minimum absolute atomic E-state index is 0.234. The molecule has 0 aliphatic heterocycles. The van der Waals surface area contributed by atoms with Crippen LogP contribution in [0.2, 0.25) is 0 Å². The molecule has 0 unspecified atom stereocenters. The van der Waals surface area contributed by atoms with E-state index in [0.29, 0.717) is 28.2 Å². The Kier molecular flexibility index (Phi) is 4.11. The van der Waals surface area contributed by atoms with Crippen molar-refractivity contribution < 1.29 is 13.9 Å². The number of halogens is 1. The first-order chi connectivity index (χ1) is 10.7. The third-order valence-corrected chi connectivity index (χ3v) is 3.50. The summed E-state index contributed by atoms with van der Waals surface area (Å²) in [6.45, 7) is 2.47. The van der Waals surface area contributed by atoms with Crippen molar-refractivity contribution in [2.75, 3.05) is 11.9 Å². The molecule has 0 aliphatic carbocycles. The van der Waals surface area contributed by atoms with Crippen LogP contribution in [0.25, 0.3) is 10.9 Å². The van der Waals surface area contributed by atoms with Crippen LogP contribution in [0.3, 0.4) is 0 Å². The average molecular weight is 361 g/mol. The maximum atomic E-state index is 12.2. The molecule has 1 N–H and O–H groups in total. The number of carbonyl (C=O) groups is 1. The van der Waals surface area contributed by atoms with E-state index in [1.165, 1.54) is 0 Å². The summed E-state index contributed by atoms with van der Waals surface area (Å²) < 4.78 is 11.3. The van der Waals surface area contributed by atoms with E-state index in [-0.39, 0.29) is 11.7 Å². The van der Waals surface area contributed by atoms with Crippen molar-refractivity contribution in [2.45, 2.75) is 6.92 Å². The summed E-state index contributed by atoms with van der Waals surface area (Å²) in [4.78, 5) is 16.5. The van der Waals surface area contributed by atoms with E-state index >= 15 is 0 Å². The lowest BCUT2D eigenvalue weighted by Gasteiger charge is -2.11. The summed E-state index contributed by atoms with van der Waals surface area (Å²) in [5.41, 5.74) is 1.37. The largest absolute Gasteiger partial charge is 0.492 e. The first-order valence-electron chi connectivity index (χ1n) is 6.76. The topological polar surface area (TPSA) is 64.4 Å². The highest BCUT2D eigenvalue weighted by molar-refractivity contribution is 9.10. The molecule has 0 aliphatic rings. The second kappa shape index (κ2) is 6.19. The molecule has 112 valence electrons. The number of carbonyl (C=O) groups excluding carboxylic acids is 1. The van der Waals surface area contributed by atoms with Gasteiger partial charge in [-0.05, 0) is 59.3 Å². The van der Waals surface area contributed by atoms with Gasteiger partial charge in [0.05, 0.1) is 12.3 Å². The molecule has 2 aromatic heterocycles. The summed E-state index contributed by atoms with van der Waals surface area (Å²) in [7, 11) is 0. The Morgan fingerprint density at radius 2 is 2.18 bits per heavy atom. The van der Waals surface area contributed by atoms with Crippen LogP contribution in [0.5, 0.6) is 5.75 Å². The zero-order valence-corrected chi connectivity index (χ0v) is 13.4. The van der Waals surface area contributed by atoms with Crippen molar-refractivity contribution in [2.24, 2.45) is 0 Å². The average Bonchev–Trinajstić information content (AvgIpc) is 2.96. The van der Waals surface area contributed by atoms with Gasteiger partial charge < -0.3 is 14.5 Å². The number of rotatable bonds is 4. The number of benzene rings is 1. The normalized spacial score (nSPS) is 10.6. The van der Waals surface area contributed by atoms with Crippen molar-refractivity contribution in [3.63, 3.8) is 0 Å². The van der Waals surface area contributed by atoms with Gasteiger partial charge in [-0.25, -0.2) is 0 Å². The van der Waals surface area contributed by atoms with Crippen molar-refractivity contribution >= 4 is 38.4 Å². The molecule has 6 heteroatoms. The maximum absolute atomic E-state index is 12.2. The standard InChI is InChI=1S/C16H13BrN2O3/c1-2-21-12-6-5-11(10-4-3-9-18-15(10)12)19-16(20)13-7-8-14(17)22-13/h3-9H,2H2,1H3,(H,19,20). The summed E-state index contributed by atoms with van der Waals surface area (Å²) in [5.74, 6) is 0.606. The van der Waals surface area contributed by atoms with Crippen LogP contribution in [0.15, 0.2) is 51.7 Å². The van der Waals surface area contributed by atoms with Gasteiger partial charge in [0.25, 0.3) is 5.91 Å². The molecule has 0 spiro atoms. The number of pyridine rings is 1. The number of furan rings is 1. The fourth-order valence-corrected chi connectivity index (χ4v) is 2.45. The number of hydrogen-bond acceptors (Lipinski definition) is 4. The Morgan fingerprint density at radius 3 is 2.91 bits per heavy atom. The highest BCUT2D eigenvalue weighted by atomic mass is 79.9. The van der Waals surface area contributed by atoms with Gasteiger partial charge in [-0.15, -0.1) is 0 Å². The molecule has 0 fully saturated rings. The summed E-state index contributed by atoms with van der Waals surface area (Å²) in [5, 5.41) is 3.65. The van der Waals surface area contributed by atoms with E-state index in [2.05, 4.69) is 26.2 Å². The van der Waals surface area contributed by atoms with Gasteiger partial charge >= 0.3 is 0 Å². The third-order valence-electron chi connectivity index (χ3n) is 3.08. The molecule has 1 amide bonds. The highest BCUT2D eigenvalue weighted by Crippen LogP contribution is 2.30. The van der Waals surface area contributed by atoms with E-state index in [4.69, 9.17) is 9.15 Å². The van der Waals surface area contributed by atoms with Gasteiger partial charge in [-0.3, -0.25) is 9.78 Å². The molecule has 0 atom stereocenters. The number of anilines is 1. The van der Waals surface area contributed by atoms with Crippen LogP contribution in [-0.2, 0) is 0 Å². The number of nitrogens with zero attached hydrogens (tertiary/aromatic N) is 1. The van der Waals surface area contributed by atoms with Gasteiger partial charge in [-0.2, -0.15) is 0 Å². The Morgan fingerprint density at radius 1 is 1.32 bits per heavy atom. The zero-order valence-electron chi connectivity index (χ0n) is 11.8. The van der Waals surface area contributed by atoms with Gasteiger partial charge in [0.2, 0.25) is 0 Å². The molecule has 0 saturated heterocycles. The van der Waals surface area contributed by atoms with Gasteiger partial charge in [0, 0.05) is 11.6 Å². The van der Waals surface area contributed by atoms with E-state index in [0.717, 1.165) is 5.39 Å². The lowest BCUT2D eigenvalue weighted by Crippen LogP contribution is -2.11. The molecule has 22 heavy (non-hydrogen) atoms. The minimum atomic E-state index is -0.319. The molecular formula is C16H13BrN2O3. The third kappa shape index (κ3) is 2.82. The lowest BCUT2D eigenvalue weighted by atomic mass is 10.1. The number of hydrogen-bond donors (Lipinski definition) is 1. The Bertz CT molecular complexity index is 829. The zero-order chi connectivity index (χ0) is 15.5. The second-order valence-electron chi connectivity index (χ2n) is 4.50. The molecule has 0 saturated carbocycles. The number of ether oxygens (including phenoxy) is 1. The number of amides is 1. The van der Waals surface area contributed by atoms with Crippen LogP contribution in [-0.4, -0.2) is 17.5 Å².